The van der Waals surface area contributed by atoms with Crippen molar-refractivity contribution in [3.05, 3.63) is 59.9 Å². The Morgan fingerprint density at radius 1 is 1.21 bits per heavy atom. The number of rotatable bonds is 7. The van der Waals surface area contributed by atoms with Crippen molar-refractivity contribution in [1.29, 1.82) is 0 Å². The third-order valence-corrected chi connectivity index (χ3v) is 4.73. The summed E-state index contributed by atoms with van der Waals surface area (Å²) in [5, 5.41) is 6.42. The van der Waals surface area contributed by atoms with Gasteiger partial charge in [0.15, 0.2) is 17.5 Å². The van der Waals surface area contributed by atoms with Gasteiger partial charge < -0.3 is 20.3 Å². The molecule has 0 bridgehead atoms. The Balaban J connectivity index is 1.45. The van der Waals surface area contributed by atoms with Gasteiger partial charge in [0.1, 0.15) is 6.10 Å². The molecule has 0 saturated carbocycles. The number of nitrogens with one attached hydrogen (secondary N) is 2. The fourth-order valence-electron chi connectivity index (χ4n) is 3.16. The monoisotopic (exact) mass is 398 g/mol. The van der Waals surface area contributed by atoms with E-state index in [1.165, 1.54) is 6.07 Å². The molecule has 7 heteroatoms. The number of guanidine groups is 1. The van der Waals surface area contributed by atoms with Crippen LogP contribution in [-0.2, 0) is 11.3 Å². The number of para-hydroxylation sites is 1. The first-order valence-corrected chi connectivity index (χ1v) is 9.82. The molecule has 154 valence electrons. The molecular formula is C22H27FN4O2. The third-order valence-electron chi connectivity index (χ3n) is 4.73. The van der Waals surface area contributed by atoms with Crippen molar-refractivity contribution < 1.29 is 13.9 Å². The molecule has 0 spiro atoms. The number of hydrogen-bond acceptors (Lipinski definition) is 3. The molecule has 1 atom stereocenters. The lowest BCUT2D eigenvalue weighted by Crippen LogP contribution is -2.41. The molecular weight excluding hydrogens is 371 g/mol. The molecule has 1 heterocycles. The Bertz CT molecular complexity index is 854. The van der Waals surface area contributed by atoms with E-state index in [1.54, 1.807) is 25.2 Å². The van der Waals surface area contributed by atoms with Gasteiger partial charge >= 0.3 is 0 Å². The van der Waals surface area contributed by atoms with Crippen LogP contribution in [0.1, 0.15) is 25.3 Å². The third kappa shape index (κ3) is 5.70. The van der Waals surface area contributed by atoms with E-state index in [0.717, 1.165) is 24.2 Å². The first-order valence-electron chi connectivity index (χ1n) is 9.82. The fraction of sp³-hybridized carbons (Fsp3) is 0.364. The molecule has 1 saturated heterocycles. The van der Waals surface area contributed by atoms with Gasteiger partial charge in [0.05, 0.1) is 6.54 Å². The van der Waals surface area contributed by atoms with Crippen molar-refractivity contribution in [2.75, 3.05) is 25.0 Å². The van der Waals surface area contributed by atoms with E-state index < -0.39 is 0 Å². The molecule has 0 radical (unpaired) electrons. The summed E-state index contributed by atoms with van der Waals surface area (Å²) in [7, 11) is 1.69. The summed E-state index contributed by atoms with van der Waals surface area (Å²) in [6.07, 6.45) is 1.32. The number of carbonyl (C=O) groups is 1. The van der Waals surface area contributed by atoms with Crippen LogP contribution in [0.2, 0.25) is 0 Å². The van der Waals surface area contributed by atoms with Crippen LogP contribution < -0.4 is 20.3 Å². The largest absolute Gasteiger partial charge is 0.486 e. The van der Waals surface area contributed by atoms with Crippen molar-refractivity contribution >= 4 is 17.6 Å². The molecule has 6 nitrogen and oxygen atoms in total. The number of aliphatic imine (C=N–C) groups is 1. The summed E-state index contributed by atoms with van der Waals surface area (Å²) in [5.74, 6) is 0.683. The van der Waals surface area contributed by atoms with Crippen molar-refractivity contribution in [1.82, 2.24) is 10.6 Å². The summed E-state index contributed by atoms with van der Waals surface area (Å²) in [5.41, 5.74) is 2.02. The maximum absolute atomic E-state index is 13.7. The molecule has 1 aliphatic heterocycles. The molecule has 3 rings (SSSR count). The zero-order valence-corrected chi connectivity index (χ0v) is 16.8. The molecule has 1 amide bonds. The van der Waals surface area contributed by atoms with E-state index in [-0.39, 0.29) is 23.6 Å². The zero-order chi connectivity index (χ0) is 20.6. The maximum Gasteiger partial charge on any atom is 0.227 e. The summed E-state index contributed by atoms with van der Waals surface area (Å²) < 4.78 is 19.3. The van der Waals surface area contributed by atoms with Gasteiger partial charge in [-0.1, -0.05) is 24.3 Å². The van der Waals surface area contributed by atoms with Crippen molar-refractivity contribution in [2.45, 2.75) is 32.4 Å². The molecule has 2 aromatic rings. The van der Waals surface area contributed by atoms with Gasteiger partial charge in [0.25, 0.3) is 0 Å². The Hall–Kier alpha value is -3.09. The SMILES string of the molecule is CN=C(NCc1ccc(N2CCCC2=O)cc1)NCC(C)Oc1ccccc1F. The molecule has 2 aromatic carbocycles. The van der Waals surface area contributed by atoms with Gasteiger partial charge in [-0.05, 0) is 43.2 Å². The molecule has 29 heavy (non-hydrogen) atoms. The van der Waals surface area contributed by atoms with Crippen LogP contribution in [0.15, 0.2) is 53.5 Å². The van der Waals surface area contributed by atoms with Gasteiger partial charge in [-0.3, -0.25) is 9.79 Å². The van der Waals surface area contributed by atoms with E-state index in [4.69, 9.17) is 4.74 Å². The zero-order valence-electron chi connectivity index (χ0n) is 16.8. The van der Waals surface area contributed by atoms with Gasteiger partial charge in [-0.25, -0.2) is 4.39 Å². The standard InChI is InChI=1S/C22H27FN4O2/c1-16(29-20-7-4-3-6-19(20)23)14-25-22(24-2)26-15-17-9-11-18(12-10-17)27-13-5-8-21(27)28/h3-4,6-7,9-12,16H,5,8,13-15H2,1-2H3,(H2,24,25,26). The second-order valence-electron chi connectivity index (χ2n) is 6.98. The highest BCUT2D eigenvalue weighted by Gasteiger charge is 2.21. The highest BCUT2D eigenvalue weighted by molar-refractivity contribution is 5.95. The van der Waals surface area contributed by atoms with Crippen LogP contribution in [0, 0.1) is 5.82 Å². The summed E-state index contributed by atoms with van der Waals surface area (Å²) in [4.78, 5) is 17.9. The lowest BCUT2D eigenvalue weighted by molar-refractivity contribution is -0.117. The van der Waals surface area contributed by atoms with Crippen LogP contribution in [0.25, 0.3) is 0 Å². The second kappa shape index (κ2) is 9.91. The summed E-state index contributed by atoms with van der Waals surface area (Å²) >= 11 is 0. The van der Waals surface area contributed by atoms with Crippen molar-refractivity contribution in [2.24, 2.45) is 4.99 Å². The lowest BCUT2D eigenvalue weighted by Gasteiger charge is -2.18. The molecule has 2 N–H and O–H groups in total. The van der Waals surface area contributed by atoms with Crippen LogP contribution in [-0.4, -0.2) is 38.1 Å². The second-order valence-corrected chi connectivity index (χ2v) is 6.98. The molecule has 1 fully saturated rings. The Labute approximate surface area is 170 Å². The van der Waals surface area contributed by atoms with E-state index in [2.05, 4.69) is 15.6 Å². The lowest BCUT2D eigenvalue weighted by atomic mass is 10.2. The Morgan fingerprint density at radius 3 is 2.62 bits per heavy atom. The van der Waals surface area contributed by atoms with E-state index >= 15 is 0 Å². The average molecular weight is 398 g/mol. The Morgan fingerprint density at radius 2 is 1.97 bits per heavy atom. The Kier molecular flexibility index (Phi) is 7.05. The van der Waals surface area contributed by atoms with E-state index in [1.807, 2.05) is 36.1 Å². The normalized spacial score (nSPS) is 15.3. The quantitative estimate of drug-likeness (QED) is 0.556. The minimum Gasteiger partial charge on any atom is -0.486 e. The average Bonchev–Trinajstić information content (AvgIpc) is 3.16. The minimum absolute atomic E-state index is 0.187. The first-order chi connectivity index (χ1) is 14.1. The van der Waals surface area contributed by atoms with Crippen molar-refractivity contribution in [3.63, 3.8) is 0 Å². The van der Waals surface area contributed by atoms with Gasteiger partial charge in [-0.2, -0.15) is 0 Å². The minimum atomic E-state index is -0.374. The molecule has 1 unspecified atom stereocenters. The van der Waals surface area contributed by atoms with Crippen LogP contribution in [0.5, 0.6) is 5.75 Å². The predicted octanol–water partition coefficient (Wildman–Crippen LogP) is 3.09. The topological polar surface area (TPSA) is 66.0 Å². The van der Waals surface area contributed by atoms with E-state index in [9.17, 15) is 9.18 Å². The number of nitrogens with zero attached hydrogens (tertiary/aromatic N) is 2. The summed E-state index contributed by atoms with van der Waals surface area (Å²) in [6.45, 7) is 3.73. The van der Waals surface area contributed by atoms with Crippen LogP contribution in [0.4, 0.5) is 10.1 Å². The predicted molar refractivity (Wildman–Crippen MR) is 113 cm³/mol. The molecule has 0 aliphatic carbocycles. The highest BCUT2D eigenvalue weighted by Crippen LogP contribution is 2.21. The number of benzene rings is 2. The van der Waals surface area contributed by atoms with Gasteiger partial charge in [-0.15, -0.1) is 0 Å². The van der Waals surface area contributed by atoms with Crippen LogP contribution >= 0.6 is 0 Å². The van der Waals surface area contributed by atoms with Crippen molar-refractivity contribution in [3.8, 4) is 5.75 Å². The van der Waals surface area contributed by atoms with Gasteiger partial charge in [0.2, 0.25) is 5.91 Å². The number of ether oxygens (including phenoxy) is 1. The molecule has 0 aromatic heterocycles. The van der Waals surface area contributed by atoms with Crippen LogP contribution in [0.3, 0.4) is 0 Å². The number of halogens is 1. The highest BCUT2D eigenvalue weighted by atomic mass is 19.1. The first kappa shape index (κ1) is 20.6. The number of amides is 1. The number of hydrogen-bond donors (Lipinski definition) is 2. The van der Waals surface area contributed by atoms with Gasteiger partial charge in [0, 0.05) is 32.2 Å². The smallest absolute Gasteiger partial charge is 0.227 e. The fourth-order valence-corrected chi connectivity index (χ4v) is 3.16. The molecule has 1 aliphatic rings. The number of carbonyl (C=O) groups excluding carboxylic acids is 1. The maximum atomic E-state index is 13.7. The summed E-state index contributed by atoms with van der Waals surface area (Å²) in [6, 6.07) is 14.3. The number of anilines is 1. The van der Waals surface area contributed by atoms with E-state index in [0.29, 0.717) is 25.5 Å².